The van der Waals surface area contributed by atoms with Crippen LogP contribution < -0.4 is 10.2 Å². The maximum atomic E-state index is 12.3. The largest absolute Gasteiger partial charge is 0.334 e. The third kappa shape index (κ3) is 2.16. The van der Waals surface area contributed by atoms with E-state index >= 15 is 0 Å². The van der Waals surface area contributed by atoms with E-state index < -0.39 is 11.5 Å². The van der Waals surface area contributed by atoms with E-state index in [2.05, 4.69) is 23.3 Å². The van der Waals surface area contributed by atoms with Crippen molar-refractivity contribution in [3.05, 3.63) is 0 Å². The van der Waals surface area contributed by atoms with Gasteiger partial charge in [0.1, 0.15) is 0 Å². The third-order valence-electron chi connectivity index (χ3n) is 4.88. The van der Waals surface area contributed by atoms with E-state index in [1.165, 1.54) is 4.90 Å². The van der Waals surface area contributed by atoms with Crippen molar-refractivity contribution in [3.8, 4) is 6.07 Å². The van der Waals surface area contributed by atoms with Crippen molar-refractivity contribution in [3.63, 3.8) is 0 Å². The molecule has 0 radical (unpaired) electrons. The predicted molar refractivity (Wildman–Crippen MR) is 74.1 cm³/mol. The van der Waals surface area contributed by atoms with Crippen LogP contribution in [0.25, 0.3) is 0 Å². The molecule has 1 saturated heterocycles. The van der Waals surface area contributed by atoms with Crippen molar-refractivity contribution in [2.45, 2.75) is 31.2 Å². The van der Waals surface area contributed by atoms with Crippen molar-refractivity contribution in [2.24, 2.45) is 10.9 Å². The highest BCUT2D eigenvalue weighted by atomic mass is 16.2. The van der Waals surface area contributed by atoms with Crippen LogP contribution in [-0.2, 0) is 4.79 Å². The molecule has 1 atom stereocenters. The SMILES string of the molecule is C[NH+]1CCN(C2=NC3(CCCC3)[C@@H](C#N)C(=O)N2)CC1. The van der Waals surface area contributed by atoms with Crippen molar-refractivity contribution >= 4 is 11.9 Å². The smallest absolute Gasteiger partial charge is 0.246 e. The molecule has 2 heterocycles. The molecule has 6 nitrogen and oxygen atoms in total. The van der Waals surface area contributed by atoms with Crippen molar-refractivity contribution in [1.82, 2.24) is 10.2 Å². The van der Waals surface area contributed by atoms with E-state index in [0.29, 0.717) is 5.96 Å². The lowest BCUT2D eigenvalue weighted by Crippen LogP contribution is -3.12. The molecule has 2 N–H and O–H groups in total. The Morgan fingerprint density at radius 3 is 2.65 bits per heavy atom. The van der Waals surface area contributed by atoms with E-state index in [0.717, 1.165) is 51.9 Å². The van der Waals surface area contributed by atoms with Gasteiger partial charge in [-0.05, 0) is 12.8 Å². The van der Waals surface area contributed by atoms with Crippen molar-refractivity contribution < 1.29 is 9.69 Å². The molecule has 3 aliphatic rings. The van der Waals surface area contributed by atoms with E-state index in [1.807, 2.05) is 0 Å². The van der Waals surface area contributed by atoms with Gasteiger partial charge in [0.2, 0.25) is 11.9 Å². The van der Waals surface area contributed by atoms with Crippen molar-refractivity contribution in [1.29, 1.82) is 5.26 Å². The molecule has 1 amide bonds. The number of hydrogen-bond donors (Lipinski definition) is 2. The second-order valence-electron chi connectivity index (χ2n) is 6.24. The highest BCUT2D eigenvalue weighted by Crippen LogP contribution is 2.41. The van der Waals surface area contributed by atoms with Crippen LogP contribution in [-0.4, -0.2) is 55.5 Å². The Hall–Kier alpha value is -1.61. The van der Waals surface area contributed by atoms with Gasteiger partial charge in [0, 0.05) is 0 Å². The standard InChI is InChI=1S/C14H21N5O/c1-18-6-8-19(9-7-18)13-16-12(20)11(10-15)14(17-13)4-2-3-5-14/h11H,2-9H2,1H3,(H,16,17,20)/p+1/t11-/m0/s1. The van der Waals surface area contributed by atoms with Gasteiger partial charge in [-0.3, -0.25) is 10.1 Å². The maximum Gasteiger partial charge on any atom is 0.246 e. The van der Waals surface area contributed by atoms with E-state index in [1.54, 1.807) is 0 Å². The minimum absolute atomic E-state index is 0.161. The molecule has 20 heavy (non-hydrogen) atoms. The molecule has 0 aromatic rings. The summed E-state index contributed by atoms with van der Waals surface area (Å²) in [6.45, 7) is 3.95. The lowest BCUT2D eigenvalue weighted by Gasteiger charge is -2.39. The van der Waals surface area contributed by atoms with Crippen LogP contribution in [0.15, 0.2) is 4.99 Å². The number of piperazine rings is 1. The summed E-state index contributed by atoms with van der Waals surface area (Å²) >= 11 is 0. The number of nitriles is 1. The Bertz CT molecular complexity index is 466. The molecule has 2 aliphatic heterocycles. The number of nitrogens with one attached hydrogen (secondary N) is 2. The molecule has 1 spiro atoms. The first-order chi connectivity index (χ1) is 9.64. The lowest BCUT2D eigenvalue weighted by atomic mass is 9.82. The Balaban J connectivity index is 1.86. The highest BCUT2D eigenvalue weighted by molar-refractivity contribution is 6.02. The monoisotopic (exact) mass is 276 g/mol. The minimum atomic E-state index is -0.619. The molecule has 0 aromatic heterocycles. The average Bonchev–Trinajstić information content (AvgIpc) is 2.88. The summed E-state index contributed by atoms with van der Waals surface area (Å²) in [5.74, 6) is -0.0755. The molecular weight excluding hydrogens is 254 g/mol. The van der Waals surface area contributed by atoms with Crippen LogP contribution in [0.5, 0.6) is 0 Å². The lowest BCUT2D eigenvalue weighted by molar-refractivity contribution is -0.883. The molecule has 108 valence electrons. The molecule has 1 aliphatic carbocycles. The van der Waals surface area contributed by atoms with E-state index in [9.17, 15) is 10.1 Å². The summed E-state index contributed by atoms with van der Waals surface area (Å²) in [5, 5.41) is 12.2. The highest BCUT2D eigenvalue weighted by Gasteiger charge is 2.49. The normalized spacial score (nSPS) is 30.0. The fourth-order valence-electron chi connectivity index (χ4n) is 3.55. The van der Waals surface area contributed by atoms with Gasteiger partial charge >= 0.3 is 0 Å². The van der Waals surface area contributed by atoms with Crippen LogP contribution in [0.2, 0.25) is 0 Å². The number of carbonyl (C=O) groups excluding carboxylic acids is 1. The van der Waals surface area contributed by atoms with Gasteiger partial charge in [0.15, 0.2) is 5.92 Å². The minimum Gasteiger partial charge on any atom is -0.334 e. The maximum absolute atomic E-state index is 12.3. The van der Waals surface area contributed by atoms with Crippen LogP contribution in [0.4, 0.5) is 0 Å². The number of likely N-dealkylation sites (N-methyl/N-ethyl adjacent to an activating group) is 1. The second-order valence-corrected chi connectivity index (χ2v) is 6.24. The summed E-state index contributed by atoms with van der Waals surface area (Å²) in [5.41, 5.74) is -0.456. The molecule has 6 heteroatoms. The van der Waals surface area contributed by atoms with Gasteiger partial charge < -0.3 is 9.80 Å². The number of quaternary nitrogens is 1. The van der Waals surface area contributed by atoms with Gasteiger partial charge in [-0.25, -0.2) is 4.99 Å². The van der Waals surface area contributed by atoms with Gasteiger partial charge in [0.25, 0.3) is 0 Å². The van der Waals surface area contributed by atoms with Crippen molar-refractivity contribution in [2.75, 3.05) is 33.2 Å². The van der Waals surface area contributed by atoms with Gasteiger partial charge in [0.05, 0.1) is 44.8 Å². The summed E-state index contributed by atoms with van der Waals surface area (Å²) in [6.07, 6.45) is 3.85. The predicted octanol–water partition coefficient (Wildman–Crippen LogP) is -1.24. The zero-order valence-electron chi connectivity index (χ0n) is 12.0. The van der Waals surface area contributed by atoms with E-state index in [-0.39, 0.29) is 5.91 Å². The number of carbonyl (C=O) groups is 1. The molecule has 1 saturated carbocycles. The molecule has 0 aromatic carbocycles. The molecule has 3 rings (SSSR count). The Morgan fingerprint density at radius 1 is 1.40 bits per heavy atom. The van der Waals surface area contributed by atoms with Gasteiger partial charge in [-0.15, -0.1) is 0 Å². The van der Waals surface area contributed by atoms with E-state index in [4.69, 9.17) is 4.99 Å². The van der Waals surface area contributed by atoms with Crippen LogP contribution in [0.1, 0.15) is 25.7 Å². The van der Waals surface area contributed by atoms with Crippen LogP contribution in [0, 0.1) is 17.2 Å². The Morgan fingerprint density at radius 2 is 2.05 bits per heavy atom. The molecule has 2 fully saturated rings. The van der Waals surface area contributed by atoms with Crippen LogP contribution >= 0.6 is 0 Å². The number of amides is 1. The number of hydrogen-bond acceptors (Lipinski definition) is 4. The van der Waals surface area contributed by atoms with Gasteiger partial charge in [-0.2, -0.15) is 5.26 Å². The second kappa shape index (κ2) is 5.06. The molecule has 0 unspecified atom stereocenters. The third-order valence-corrected chi connectivity index (χ3v) is 4.88. The fourth-order valence-corrected chi connectivity index (χ4v) is 3.55. The topological polar surface area (TPSA) is 72.9 Å². The summed E-state index contributed by atoms with van der Waals surface area (Å²) in [4.78, 5) is 20.8. The van der Waals surface area contributed by atoms with Gasteiger partial charge in [-0.1, -0.05) is 12.8 Å². The quantitative estimate of drug-likeness (QED) is 0.581. The average molecular weight is 276 g/mol. The zero-order chi connectivity index (χ0) is 14.2. The first kappa shape index (κ1) is 13.4. The number of nitrogens with zero attached hydrogens (tertiary/aromatic N) is 3. The number of rotatable bonds is 0. The summed E-state index contributed by atoms with van der Waals surface area (Å²) < 4.78 is 0. The van der Waals surface area contributed by atoms with Crippen LogP contribution in [0.3, 0.4) is 0 Å². The first-order valence-corrected chi connectivity index (χ1v) is 7.51. The number of guanidine groups is 1. The summed E-state index contributed by atoms with van der Waals surface area (Å²) in [6, 6.07) is 2.18. The zero-order valence-corrected chi connectivity index (χ0v) is 12.0. The Labute approximate surface area is 119 Å². The first-order valence-electron chi connectivity index (χ1n) is 7.51. The summed E-state index contributed by atoms with van der Waals surface area (Å²) in [7, 11) is 2.18. The fraction of sp³-hybridized carbons (Fsp3) is 0.786. The molecular formula is C14H22N5O+. The Kier molecular flexibility index (Phi) is 3.38. The molecule has 0 bridgehead atoms. The number of aliphatic imine (C=N–C) groups is 1.